The molecule has 6 heteroatoms. The summed E-state index contributed by atoms with van der Waals surface area (Å²) in [7, 11) is 1.40. The molecular formula is C24H34N2O4. The number of alkyl carbamates (subject to hydrolysis) is 1. The third-order valence-electron chi connectivity index (χ3n) is 4.90. The molecule has 1 aromatic heterocycles. The van der Waals surface area contributed by atoms with Gasteiger partial charge in [0.25, 0.3) is 0 Å². The van der Waals surface area contributed by atoms with Gasteiger partial charge in [0.1, 0.15) is 6.61 Å². The smallest absolute Gasteiger partial charge is 0.407 e. The average Bonchev–Trinajstić information content (AvgIpc) is 3.05. The van der Waals surface area contributed by atoms with Crippen LogP contribution in [0.3, 0.4) is 0 Å². The first kappa shape index (κ1) is 23.5. The van der Waals surface area contributed by atoms with Gasteiger partial charge in [0.15, 0.2) is 0 Å². The molecule has 1 amide bonds. The summed E-state index contributed by atoms with van der Waals surface area (Å²) in [6, 6.07) is 11.3. The largest absolute Gasteiger partial charge is 0.465 e. The van der Waals surface area contributed by atoms with E-state index in [4.69, 9.17) is 9.47 Å². The van der Waals surface area contributed by atoms with Crippen LogP contribution in [-0.2, 0) is 34.5 Å². The Kier molecular flexibility index (Phi) is 8.09. The molecule has 6 nitrogen and oxygen atoms in total. The Morgan fingerprint density at radius 3 is 2.40 bits per heavy atom. The Morgan fingerprint density at radius 1 is 1.17 bits per heavy atom. The van der Waals surface area contributed by atoms with E-state index in [1.54, 1.807) is 0 Å². The van der Waals surface area contributed by atoms with Crippen molar-refractivity contribution in [2.45, 2.75) is 72.1 Å². The number of amides is 1. The number of nitrogens with one attached hydrogen (secondary N) is 1. The summed E-state index contributed by atoms with van der Waals surface area (Å²) in [5, 5.41) is 2.90. The van der Waals surface area contributed by atoms with E-state index in [0.29, 0.717) is 12.1 Å². The highest BCUT2D eigenvalue weighted by molar-refractivity contribution is 5.91. The fourth-order valence-corrected chi connectivity index (χ4v) is 3.50. The first-order valence-electron chi connectivity index (χ1n) is 10.5. The van der Waals surface area contributed by atoms with Crippen LogP contribution in [0.5, 0.6) is 0 Å². The third-order valence-corrected chi connectivity index (χ3v) is 4.90. The van der Waals surface area contributed by atoms with Crippen molar-refractivity contribution in [3.05, 3.63) is 58.9 Å². The summed E-state index contributed by atoms with van der Waals surface area (Å²) in [6.07, 6.45) is 1.20. The Balaban J connectivity index is 2.17. The molecule has 1 aromatic carbocycles. The fraction of sp³-hybridized carbons (Fsp3) is 0.500. The summed E-state index contributed by atoms with van der Waals surface area (Å²) >= 11 is 0. The van der Waals surface area contributed by atoms with Gasteiger partial charge in [-0.3, -0.25) is 0 Å². The molecule has 0 bridgehead atoms. The second-order valence-electron chi connectivity index (χ2n) is 8.60. The van der Waals surface area contributed by atoms with E-state index >= 15 is 0 Å². The molecule has 0 aliphatic heterocycles. The molecule has 0 saturated carbocycles. The maximum atomic E-state index is 12.4. The number of nitrogens with zero attached hydrogens (tertiary/aromatic N) is 1. The number of benzene rings is 1. The molecule has 0 unspecified atom stereocenters. The van der Waals surface area contributed by atoms with Gasteiger partial charge in [-0.05, 0) is 25.0 Å². The Labute approximate surface area is 179 Å². The number of esters is 1. The number of ether oxygens (including phenoxy) is 2. The lowest BCUT2D eigenvalue weighted by Crippen LogP contribution is -2.37. The number of aromatic nitrogens is 1. The van der Waals surface area contributed by atoms with Crippen molar-refractivity contribution in [1.82, 2.24) is 9.88 Å². The second-order valence-corrected chi connectivity index (χ2v) is 8.60. The Bertz CT molecular complexity index is 850. The number of rotatable bonds is 8. The normalized spacial score (nSPS) is 12.3. The van der Waals surface area contributed by atoms with Crippen LogP contribution in [0, 0.1) is 0 Å². The van der Waals surface area contributed by atoms with Gasteiger partial charge in [0.05, 0.1) is 12.7 Å². The molecule has 30 heavy (non-hydrogen) atoms. The van der Waals surface area contributed by atoms with Gasteiger partial charge in [-0.1, -0.05) is 64.4 Å². The molecule has 0 radical (unpaired) electrons. The zero-order valence-corrected chi connectivity index (χ0v) is 19.0. The highest BCUT2D eigenvalue weighted by Gasteiger charge is 2.27. The van der Waals surface area contributed by atoms with Gasteiger partial charge in [-0.15, -0.1) is 0 Å². The average molecular weight is 415 g/mol. The minimum atomic E-state index is -0.457. The van der Waals surface area contributed by atoms with Crippen molar-refractivity contribution < 1.29 is 19.1 Å². The van der Waals surface area contributed by atoms with Crippen LogP contribution in [0.15, 0.2) is 36.4 Å². The summed E-state index contributed by atoms with van der Waals surface area (Å²) in [5.41, 5.74) is 3.36. The lowest BCUT2D eigenvalue weighted by molar-refractivity contribution is 0.0599. The van der Waals surface area contributed by atoms with Crippen molar-refractivity contribution in [2.24, 2.45) is 0 Å². The highest BCUT2D eigenvalue weighted by Crippen LogP contribution is 2.29. The highest BCUT2D eigenvalue weighted by atomic mass is 16.5. The molecule has 0 aliphatic rings. The van der Waals surface area contributed by atoms with Crippen molar-refractivity contribution in [3.63, 3.8) is 0 Å². The van der Waals surface area contributed by atoms with Crippen molar-refractivity contribution >= 4 is 12.1 Å². The van der Waals surface area contributed by atoms with Crippen LogP contribution < -0.4 is 5.32 Å². The molecule has 2 rings (SSSR count). The van der Waals surface area contributed by atoms with Crippen LogP contribution in [0.1, 0.15) is 68.3 Å². The summed E-state index contributed by atoms with van der Waals surface area (Å²) < 4.78 is 12.5. The topological polar surface area (TPSA) is 69.6 Å². The zero-order chi connectivity index (χ0) is 22.3. The van der Waals surface area contributed by atoms with Crippen molar-refractivity contribution in [3.8, 4) is 0 Å². The van der Waals surface area contributed by atoms with E-state index in [0.717, 1.165) is 29.8 Å². The predicted octanol–water partition coefficient (Wildman–Crippen LogP) is 4.84. The molecule has 0 spiro atoms. The fourth-order valence-electron chi connectivity index (χ4n) is 3.50. The maximum absolute atomic E-state index is 12.4. The number of hydrogen-bond acceptors (Lipinski definition) is 4. The molecule has 164 valence electrons. The van der Waals surface area contributed by atoms with E-state index < -0.39 is 6.09 Å². The lowest BCUT2D eigenvalue weighted by Gasteiger charge is -2.25. The van der Waals surface area contributed by atoms with Crippen molar-refractivity contribution in [2.75, 3.05) is 7.11 Å². The molecule has 0 fully saturated rings. The second kappa shape index (κ2) is 10.3. The Hall–Kier alpha value is -2.76. The van der Waals surface area contributed by atoms with Gasteiger partial charge < -0.3 is 19.4 Å². The van der Waals surface area contributed by atoms with Crippen LogP contribution in [0.2, 0.25) is 0 Å². The number of carbonyl (C=O) groups is 2. The molecule has 0 aliphatic carbocycles. The minimum absolute atomic E-state index is 0.164. The van der Waals surface area contributed by atoms with Crippen LogP contribution >= 0.6 is 0 Å². The molecule has 1 N–H and O–H groups in total. The Morgan fingerprint density at radius 2 is 1.83 bits per heavy atom. The number of carbonyl (C=O) groups excluding carboxylic acids is 2. The zero-order valence-electron chi connectivity index (χ0n) is 19.0. The van der Waals surface area contributed by atoms with Gasteiger partial charge in [-0.2, -0.15) is 0 Å². The van der Waals surface area contributed by atoms with Crippen LogP contribution in [-0.4, -0.2) is 29.8 Å². The van der Waals surface area contributed by atoms with Gasteiger partial charge in [0.2, 0.25) is 0 Å². The van der Waals surface area contributed by atoms with Crippen LogP contribution in [0.25, 0.3) is 0 Å². The lowest BCUT2D eigenvalue weighted by atomic mass is 9.91. The molecule has 0 saturated heterocycles. The summed E-state index contributed by atoms with van der Waals surface area (Å²) in [4.78, 5) is 24.6. The van der Waals surface area contributed by atoms with Gasteiger partial charge >= 0.3 is 12.1 Å². The van der Waals surface area contributed by atoms with Crippen LogP contribution in [0.4, 0.5) is 4.79 Å². The van der Waals surface area contributed by atoms with Crippen molar-refractivity contribution in [1.29, 1.82) is 0 Å². The maximum Gasteiger partial charge on any atom is 0.407 e. The number of methoxy groups -OCH3 is 1. The monoisotopic (exact) mass is 414 g/mol. The van der Waals surface area contributed by atoms with Gasteiger partial charge in [-0.25, -0.2) is 9.59 Å². The molecule has 1 atom stereocenters. The van der Waals surface area contributed by atoms with E-state index in [1.165, 1.54) is 7.11 Å². The summed E-state index contributed by atoms with van der Waals surface area (Å²) in [5.74, 6) is -0.328. The molecular weight excluding hydrogens is 380 g/mol. The number of hydrogen-bond donors (Lipinski definition) is 1. The first-order chi connectivity index (χ1) is 14.2. The van der Waals surface area contributed by atoms with E-state index in [1.807, 2.05) is 43.3 Å². The van der Waals surface area contributed by atoms with E-state index in [-0.39, 0.29) is 24.0 Å². The van der Waals surface area contributed by atoms with Gasteiger partial charge in [0, 0.05) is 29.4 Å². The van der Waals surface area contributed by atoms with E-state index in [9.17, 15) is 9.59 Å². The first-order valence-corrected chi connectivity index (χ1v) is 10.5. The summed E-state index contributed by atoms with van der Waals surface area (Å²) in [6.45, 7) is 11.1. The van der Waals surface area contributed by atoms with E-state index in [2.05, 4.69) is 37.6 Å². The molecule has 2 aromatic rings. The third kappa shape index (κ3) is 6.12. The SMILES string of the molecule is CCCc1c(C(=O)OC)cc(C(C)(C)C)n1C[C@H](C)NC(=O)OCc1ccccc1. The quantitative estimate of drug-likeness (QED) is 0.628. The molecule has 1 heterocycles. The minimum Gasteiger partial charge on any atom is -0.465 e. The standard InChI is InChI=1S/C24H34N2O4/c1-7-11-20-19(22(27)29-6)14-21(24(3,4)5)26(20)15-17(2)25-23(28)30-16-18-12-9-8-10-13-18/h8-10,12-14,17H,7,11,15-16H2,1-6H3,(H,25,28)/t17-/m0/s1. The predicted molar refractivity (Wildman–Crippen MR) is 118 cm³/mol.